The SMILES string of the molecule is [B]P1(=O)OC[C@H]2O[C@@H](n3cnc4c(N)ncnc43)[C@H](F)[C@@H]2OP(=O)(SCc2ccc(NC(=O)[C@H](C)NC(=O)C(NC(=O)CCCCCN)C(C)C)cc2)OC[C@H]2O[C@@H](n3cnc4c(N)ncnc43)[C@H](F)[C@@H]2O1. The Bertz CT molecular complexity index is 2860. The van der Waals surface area contributed by atoms with Crippen LogP contribution in [0.3, 0.4) is 0 Å². The van der Waals surface area contributed by atoms with Crippen LogP contribution in [-0.2, 0) is 56.8 Å². The van der Waals surface area contributed by atoms with E-state index < -0.39 is 101 Å². The zero-order valence-electron chi connectivity index (χ0n) is 39.1. The van der Waals surface area contributed by atoms with E-state index in [1.54, 1.807) is 38.1 Å². The molecule has 9 N–H and O–H groups in total. The zero-order valence-corrected chi connectivity index (χ0v) is 41.7. The molecule has 31 heteroatoms. The molecule has 25 nitrogen and oxygen atoms in total. The van der Waals surface area contributed by atoms with Gasteiger partial charge in [0.1, 0.15) is 60.2 Å². The van der Waals surface area contributed by atoms with E-state index in [-0.39, 0.29) is 58.0 Å². The molecule has 3 unspecified atom stereocenters. The maximum atomic E-state index is 16.9. The number of rotatable bonds is 16. The number of halogens is 2. The van der Waals surface area contributed by atoms with Crippen molar-refractivity contribution in [2.24, 2.45) is 11.7 Å². The molecule has 0 bridgehead atoms. The maximum Gasteiger partial charge on any atom is 0.389 e. The Hall–Kier alpha value is -5.22. The Kier molecular flexibility index (Phi) is 16.6. The first-order valence-corrected chi connectivity index (χ1v) is 27.5. The van der Waals surface area contributed by atoms with E-state index in [1.165, 1.54) is 28.7 Å². The average molecular weight is 1060 g/mol. The van der Waals surface area contributed by atoms with Crippen LogP contribution in [-0.4, -0.2) is 133 Å². The van der Waals surface area contributed by atoms with Crippen molar-refractivity contribution in [1.82, 2.24) is 49.7 Å². The lowest BCUT2D eigenvalue weighted by molar-refractivity contribution is -0.131. The summed E-state index contributed by atoms with van der Waals surface area (Å²) < 4.78 is 100. The van der Waals surface area contributed by atoms with Crippen molar-refractivity contribution in [3.8, 4) is 0 Å². The number of fused-ring (bicyclic) bond motifs is 4. The Morgan fingerprint density at radius 2 is 1.36 bits per heavy atom. The number of hydrogen-bond acceptors (Lipinski definition) is 21. The van der Waals surface area contributed by atoms with Crippen LogP contribution in [0.2, 0.25) is 0 Å². The molecule has 0 spiro atoms. The number of carbonyl (C=O) groups excluding carboxylic acids is 3. The molecular formula is C41H53BF2N14O11P2S. The van der Waals surface area contributed by atoms with Gasteiger partial charge in [-0.3, -0.25) is 37.1 Å². The molecule has 3 aliphatic rings. The van der Waals surface area contributed by atoms with Crippen molar-refractivity contribution < 1.29 is 59.9 Å². The number of nitrogen functional groups attached to an aromatic ring is 2. The number of alkyl halides is 2. The minimum absolute atomic E-state index is 0.00557. The van der Waals surface area contributed by atoms with Crippen LogP contribution < -0.4 is 33.2 Å². The number of hydrogen-bond donors (Lipinski definition) is 6. The van der Waals surface area contributed by atoms with Gasteiger partial charge >= 0.3 is 6.80 Å². The number of ether oxygens (including phenoxy) is 2. The molecule has 0 aliphatic carbocycles. The van der Waals surface area contributed by atoms with Crippen LogP contribution in [0.5, 0.6) is 0 Å². The Labute approximate surface area is 415 Å². The Morgan fingerprint density at radius 1 is 0.792 bits per heavy atom. The van der Waals surface area contributed by atoms with Crippen molar-refractivity contribution in [2.45, 2.75) is 114 Å². The summed E-state index contributed by atoms with van der Waals surface area (Å²) >= 11 is 0.648. The lowest BCUT2D eigenvalue weighted by Gasteiger charge is -2.30. The summed E-state index contributed by atoms with van der Waals surface area (Å²) in [4.78, 5) is 63.4. The number of imidazole rings is 2. The van der Waals surface area contributed by atoms with Gasteiger partial charge in [-0.2, -0.15) is 0 Å². The summed E-state index contributed by atoms with van der Waals surface area (Å²) in [6, 6.07) is 4.48. The minimum Gasteiger partial charge on any atom is -0.382 e. The Morgan fingerprint density at radius 3 is 1.93 bits per heavy atom. The van der Waals surface area contributed by atoms with Gasteiger partial charge in [0.05, 0.1) is 25.9 Å². The Balaban J connectivity index is 0.987. The number of benzene rings is 1. The minimum atomic E-state index is -4.72. The normalized spacial score (nSPS) is 28.7. The molecule has 3 saturated heterocycles. The van der Waals surface area contributed by atoms with Crippen LogP contribution in [0, 0.1) is 5.92 Å². The van der Waals surface area contributed by atoms with Crippen molar-refractivity contribution in [2.75, 3.05) is 36.5 Å². The van der Waals surface area contributed by atoms with E-state index in [4.69, 9.17) is 52.3 Å². The number of nitrogens with zero attached hydrogens (tertiary/aromatic N) is 8. The zero-order chi connectivity index (χ0) is 51.5. The molecule has 3 fully saturated rings. The summed E-state index contributed by atoms with van der Waals surface area (Å²) in [7, 11) is 1.30. The lowest BCUT2D eigenvalue weighted by atomic mass is 10.0. The summed E-state index contributed by atoms with van der Waals surface area (Å²) in [5.41, 5.74) is 18.8. The third kappa shape index (κ3) is 11.9. The fourth-order valence-electron chi connectivity index (χ4n) is 8.10. The van der Waals surface area contributed by atoms with Gasteiger partial charge in [0.25, 0.3) is 7.47 Å². The van der Waals surface area contributed by atoms with Crippen molar-refractivity contribution in [3.63, 3.8) is 0 Å². The topological polar surface area (TPSA) is 342 Å². The highest BCUT2D eigenvalue weighted by atomic mass is 32.7. The van der Waals surface area contributed by atoms with E-state index in [0.717, 1.165) is 25.5 Å². The number of unbranched alkanes of at least 4 members (excludes halogenated alkanes) is 2. The van der Waals surface area contributed by atoms with Crippen LogP contribution in [0.25, 0.3) is 22.3 Å². The van der Waals surface area contributed by atoms with E-state index in [2.05, 4.69) is 45.9 Å². The van der Waals surface area contributed by atoms with E-state index in [1.807, 2.05) is 0 Å². The number of aromatic nitrogens is 8. The van der Waals surface area contributed by atoms with Crippen molar-refractivity contribution in [1.29, 1.82) is 0 Å². The second kappa shape index (κ2) is 22.5. The third-order valence-corrected chi connectivity index (χ3v) is 16.6. The smallest absolute Gasteiger partial charge is 0.382 e. The highest BCUT2D eigenvalue weighted by Crippen LogP contribution is 2.65. The summed E-state index contributed by atoms with van der Waals surface area (Å²) in [6.45, 7) is -0.523. The largest absolute Gasteiger partial charge is 0.389 e. The molecule has 386 valence electrons. The van der Waals surface area contributed by atoms with Gasteiger partial charge in [-0.25, -0.2) is 43.2 Å². The van der Waals surface area contributed by atoms with Crippen LogP contribution in [0.15, 0.2) is 49.6 Å². The van der Waals surface area contributed by atoms with Crippen LogP contribution in [0.1, 0.15) is 64.5 Å². The lowest BCUT2D eigenvalue weighted by Crippen LogP contribution is -2.53. The second-order valence-electron chi connectivity index (χ2n) is 17.5. The number of carbonyl (C=O) groups is 3. The van der Waals surface area contributed by atoms with Crippen molar-refractivity contribution >= 4 is 90.6 Å². The summed E-state index contributed by atoms with van der Waals surface area (Å²) in [6.07, 6.45) is -6.75. The number of amides is 3. The molecule has 12 atom stereocenters. The standard InChI is InChI=1S/C41H53BF2N14O11P2S/c1-20(2)29(56-26(59)7-5-4-6-12-45)39(61)54-21(3)38(60)55-23-10-8-22(9-11-23)15-72-71(63)65-14-25-32(27(43)40(67-25)57-18-52-30-34(46)48-16-50-36(30)57)68-70(42,62)64-13-24-33(69-71)28(44)41(66-24)58-19-53-31-35(47)49-17-51-37(31)58/h8-11,16-21,24-25,27-29,32-33,40-41H,4-7,12-15,45H2,1-3H3,(H,54,61)(H,55,60)(H,56,59)(H2,46,48,50)(H2,47,49,51)/t21-,24+,25+,27+,28+,29?,32+,33+,40+,41+,70?,71?/m0/s1. The van der Waals surface area contributed by atoms with Gasteiger partial charge in [-0.1, -0.05) is 32.4 Å². The molecule has 5 aromatic rings. The molecule has 2 radical (unpaired) electrons. The first-order chi connectivity index (χ1) is 34.3. The third-order valence-electron chi connectivity index (χ3n) is 11.9. The molecule has 3 amide bonds. The maximum absolute atomic E-state index is 16.9. The summed E-state index contributed by atoms with van der Waals surface area (Å²) in [5.74, 6) is -1.69. The predicted octanol–water partition coefficient (Wildman–Crippen LogP) is 3.54. The number of nitrogens with one attached hydrogen (secondary N) is 3. The van der Waals surface area contributed by atoms with E-state index in [9.17, 15) is 18.9 Å². The second-order valence-corrected chi connectivity index (χ2v) is 23.1. The van der Waals surface area contributed by atoms with Crippen molar-refractivity contribution in [3.05, 3.63) is 55.1 Å². The molecule has 1 aromatic carbocycles. The molecule has 3 aliphatic heterocycles. The quantitative estimate of drug-likeness (QED) is 0.0467. The molecule has 7 heterocycles. The van der Waals surface area contributed by atoms with Crippen LogP contribution in [0.4, 0.5) is 26.1 Å². The van der Waals surface area contributed by atoms with Gasteiger partial charge in [0.15, 0.2) is 47.7 Å². The molecular weight excluding hydrogens is 1010 g/mol. The first-order valence-electron chi connectivity index (χ1n) is 22.8. The van der Waals surface area contributed by atoms with Gasteiger partial charge in [-0.15, -0.1) is 0 Å². The van der Waals surface area contributed by atoms with Crippen LogP contribution >= 0.6 is 25.7 Å². The molecule has 4 aromatic heterocycles. The average Bonchev–Trinajstić information content (AvgIpc) is 4.12. The fourth-order valence-corrected chi connectivity index (χ4v) is 12.5. The number of nitrogens with two attached hydrogens (primary N) is 3. The highest BCUT2D eigenvalue weighted by Gasteiger charge is 2.55. The van der Waals surface area contributed by atoms with E-state index >= 15 is 13.3 Å². The van der Waals surface area contributed by atoms with E-state index in [0.29, 0.717) is 35.6 Å². The summed E-state index contributed by atoms with van der Waals surface area (Å²) in [5, 5.41) is 8.16. The number of anilines is 3. The van der Waals surface area contributed by atoms with Gasteiger partial charge in [0, 0.05) is 17.9 Å². The first kappa shape index (κ1) is 53.1. The van der Waals surface area contributed by atoms with Gasteiger partial charge < -0.3 is 51.7 Å². The highest BCUT2D eigenvalue weighted by molar-refractivity contribution is 8.54. The predicted molar refractivity (Wildman–Crippen MR) is 258 cm³/mol. The van der Waals surface area contributed by atoms with Gasteiger partial charge in [-0.05, 0) is 61.3 Å². The molecule has 72 heavy (non-hydrogen) atoms. The van der Waals surface area contributed by atoms with Gasteiger partial charge in [0.2, 0.25) is 25.3 Å². The fraction of sp³-hybridized carbons (Fsp3) is 0.537. The monoisotopic (exact) mass is 1060 g/mol. The molecule has 0 saturated carbocycles. The molecule has 8 rings (SSSR count).